The minimum Gasteiger partial charge on any atom is -0.497 e. The van der Waals surface area contributed by atoms with Gasteiger partial charge in [0.2, 0.25) is 10.0 Å². The first-order valence-corrected chi connectivity index (χ1v) is 7.14. The third-order valence-corrected chi connectivity index (χ3v) is 3.99. The third kappa shape index (κ3) is 3.74. The molecule has 0 saturated heterocycles. The predicted octanol–water partition coefficient (Wildman–Crippen LogP) is 1.36. The molecule has 0 fully saturated rings. The number of ether oxygens (including phenoxy) is 2. The summed E-state index contributed by atoms with van der Waals surface area (Å²) in [5.74, 6) is 0.463. The van der Waals surface area contributed by atoms with Crippen LogP contribution in [0.1, 0.15) is 20.8 Å². The van der Waals surface area contributed by atoms with Crippen molar-refractivity contribution in [2.45, 2.75) is 31.2 Å². The zero-order chi connectivity index (χ0) is 14.8. The number of rotatable bonds is 4. The van der Waals surface area contributed by atoms with Crippen molar-refractivity contribution in [2.24, 2.45) is 0 Å². The fourth-order valence-electron chi connectivity index (χ4n) is 1.59. The maximum atomic E-state index is 12.3. The highest BCUT2D eigenvalue weighted by Gasteiger charge is 2.27. The van der Waals surface area contributed by atoms with Crippen LogP contribution in [0.3, 0.4) is 0 Å². The molecule has 0 amide bonds. The Labute approximate surface area is 113 Å². The summed E-state index contributed by atoms with van der Waals surface area (Å²) >= 11 is 0. The molecule has 0 aromatic heterocycles. The zero-order valence-electron chi connectivity index (χ0n) is 11.8. The van der Waals surface area contributed by atoms with E-state index in [4.69, 9.17) is 15.2 Å². The summed E-state index contributed by atoms with van der Waals surface area (Å²) in [5, 5.41) is 0. The van der Waals surface area contributed by atoms with Gasteiger partial charge < -0.3 is 15.2 Å². The summed E-state index contributed by atoms with van der Waals surface area (Å²) in [5.41, 5.74) is 5.37. The molecule has 6 nitrogen and oxygen atoms in total. The Balaban J connectivity index is 3.44. The Morgan fingerprint density at radius 1 is 1.16 bits per heavy atom. The van der Waals surface area contributed by atoms with Gasteiger partial charge in [-0.15, -0.1) is 0 Å². The van der Waals surface area contributed by atoms with Crippen LogP contribution < -0.4 is 19.9 Å². The Bertz CT molecular complexity index is 562. The first-order chi connectivity index (χ1) is 8.60. The lowest BCUT2D eigenvalue weighted by atomic mass is 10.1. The van der Waals surface area contributed by atoms with Crippen LogP contribution in [0.5, 0.6) is 11.5 Å². The highest BCUT2D eigenvalue weighted by Crippen LogP contribution is 2.34. The predicted molar refractivity (Wildman–Crippen MR) is 74.0 cm³/mol. The maximum Gasteiger partial charge on any atom is 0.244 e. The van der Waals surface area contributed by atoms with Crippen molar-refractivity contribution in [2.75, 3.05) is 20.0 Å². The molecular formula is C12H20N2O4S. The second-order valence-corrected chi connectivity index (χ2v) is 6.75. The zero-order valence-corrected chi connectivity index (χ0v) is 12.6. The number of hydrogen-bond donors (Lipinski definition) is 2. The minimum atomic E-state index is -3.75. The van der Waals surface area contributed by atoms with E-state index in [9.17, 15) is 8.42 Å². The number of hydrogen-bond acceptors (Lipinski definition) is 5. The van der Waals surface area contributed by atoms with Crippen molar-refractivity contribution < 1.29 is 17.9 Å². The summed E-state index contributed by atoms with van der Waals surface area (Å²) < 4.78 is 37.3. The molecule has 19 heavy (non-hydrogen) atoms. The molecule has 7 heteroatoms. The van der Waals surface area contributed by atoms with Crippen molar-refractivity contribution in [3.63, 3.8) is 0 Å². The van der Waals surface area contributed by atoms with E-state index >= 15 is 0 Å². The molecule has 3 N–H and O–H groups in total. The topological polar surface area (TPSA) is 90.7 Å². The molecule has 1 rings (SSSR count). The molecule has 108 valence electrons. The number of anilines is 1. The van der Waals surface area contributed by atoms with Gasteiger partial charge in [-0.25, -0.2) is 13.1 Å². The lowest BCUT2D eigenvalue weighted by Gasteiger charge is -2.22. The molecule has 0 spiro atoms. The number of methoxy groups -OCH3 is 2. The van der Waals surface area contributed by atoms with Gasteiger partial charge in [-0.05, 0) is 20.8 Å². The Kier molecular flexibility index (Phi) is 4.32. The number of benzene rings is 1. The summed E-state index contributed by atoms with van der Waals surface area (Å²) in [7, 11) is -0.942. The van der Waals surface area contributed by atoms with Crippen LogP contribution in [-0.2, 0) is 10.0 Å². The molecule has 0 aliphatic heterocycles. The largest absolute Gasteiger partial charge is 0.497 e. The Morgan fingerprint density at radius 2 is 1.74 bits per heavy atom. The molecule has 0 saturated carbocycles. The number of sulfonamides is 1. The first-order valence-electron chi connectivity index (χ1n) is 5.66. The molecule has 0 unspecified atom stereocenters. The van der Waals surface area contributed by atoms with Gasteiger partial charge in [-0.1, -0.05) is 0 Å². The summed E-state index contributed by atoms with van der Waals surface area (Å²) in [4.78, 5) is -0.0400. The van der Waals surface area contributed by atoms with Gasteiger partial charge in [0.1, 0.15) is 10.6 Å². The summed E-state index contributed by atoms with van der Waals surface area (Å²) in [6.45, 7) is 5.25. The van der Waals surface area contributed by atoms with E-state index < -0.39 is 15.6 Å². The summed E-state index contributed by atoms with van der Waals surface area (Å²) in [6.07, 6.45) is 0. The monoisotopic (exact) mass is 288 g/mol. The van der Waals surface area contributed by atoms with E-state index in [0.717, 1.165) is 0 Å². The van der Waals surface area contributed by atoms with Gasteiger partial charge in [-0.2, -0.15) is 0 Å². The normalized spacial score (nSPS) is 12.3. The van der Waals surface area contributed by atoms with E-state index in [1.807, 2.05) is 0 Å². The average molecular weight is 288 g/mol. The van der Waals surface area contributed by atoms with Crippen molar-refractivity contribution in [1.29, 1.82) is 0 Å². The van der Waals surface area contributed by atoms with Crippen LogP contribution in [-0.4, -0.2) is 28.2 Å². The Morgan fingerprint density at radius 3 is 2.16 bits per heavy atom. The molecule has 0 atom stereocenters. The van der Waals surface area contributed by atoms with E-state index in [2.05, 4.69) is 4.72 Å². The highest BCUT2D eigenvalue weighted by atomic mass is 32.2. The van der Waals surface area contributed by atoms with Crippen LogP contribution in [0.15, 0.2) is 17.0 Å². The number of nitrogen functional groups attached to an aromatic ring is 1. The quantitative estimate of drug-likeness (QED) is 0.816. The molecule has 1 aromatic carbocycles. The third-order valence-electron chi connectivity index (χ3n) is 2.23. The van der Waals surface area contributed by atoms with Crippen LogP contribution in [0.25, 0.3) is 0 Å². The van der Waals surface area contributed by atoms with Crippen molar-refractivity contribution in [3.05, 3.63) is 12.1 Å². The SMILES string of the molecule is COc1cc(N)c(OC)c(S(=O)(=O)NC(C)(C)C)c1. The van der Waals surface area contributed by atoms with Crippen molar-refractivity contribution >= 4 is 15.7 Å². The fourth-order valence-corrected chi connectivity index (χ4v) is 3.22. The standard InChI is InChI=1S/C12H20N2O4S/c1-12(2,3)14-19(15,16)10-7-8(17-4)6-9(13)11(10)18-5/h6-7,14H,13H2,1-5H3. The molecule has 0 aliphatic carbocycles. The van der Waals surface area contributed by atoms with E-state index in [0.29, 0.717) is 5.75 Å². The van der Waals surface area contributed by atoms with E-state index in [1.54, 1.807) is 20.8 Å². The van der Waals surface area contributed by atoms with Gasteiger partial charge >= 0.3 is 0 Å². The molecule has 0 bridgehead atoms. The number of nitrogens with one attached hydrogen (secondary N) is 1. The van der Waals surface area contributed by atoms with Gasteiger partial charge in [0.15, 0.2) is 5.75 Å². The molecule has 0 heterocycles. The van der Waals surface area contributed by atoms with Gasteiger partial charge in [0.25, 0.3) is 0 Å². The maximum absolute atomic E-state index is 12.3. The smallest absolute Gasteiger partial charge is 0.244 e. The van der Waals surface area contributed by atoms with Crippen LogP contribution in [0, 0.1) is 0 Å². The van der Waals surface area contributed by atoms with E-state index in [1.165, 1.54) is 26.4 Å². The van der Waals surface area contributed by atoms with Gasteiger partial charge in [0, 0.05) is 17.7 Å². The minimum absolute atomic E-state index is 0.0400. The second-order valence-electron chi connectivity index (χ2n) is 5.10. The molecule has 1 aromatic rings. The first kappa shape index (κ1) is 15.6. The lowest BCUT2D eigenvalue weighted by Crippen LogP contribution is -2.40. The van der Waals surface area contributed by atoms with E-state index in [-0.39, 0.29) is 16.3 Å². The Hall–Kier alpha value is -1.47. The second kappa shape index (κ2) is 5.26. The number of nitrogens with two attached hydrogens (primary N) is 1. The van der Waals surface area contributed by atoms with Crippen molar-refractivity contribution in [1.82, 2.24) is 4.72 Å². The highest BCUT2D eigenvalue weighted by molar-refractivity contribution is 7.89. The molecule has 0 radical (unpaired) electrons. The summed E-state index contributed by atoms with van der Waals surface area (Å²) in [6, 6.07) is 2.89. The van der Waals surface area contributed by atoms with Crippen LogP contribution >= 0.6 is 0 Å². The molecular weight excluding hydrogens is 268 g/mol. The van der Waals surface area contributed by atoms with Crippen LogP contribution in [0.2, 0.25) is 0 Å². The fraction of sp³-hybridized carbons (Fsp3) is 0.500. The molecule has 0 aliphatic rings. The average Bonchev–Trinajstić information content (AvgIpc) is 2.24. The van der Waals surface area contributed by atoms with Gasteiger partial charge in [-0.3, -0.25) is 0 Å². The lowest BCUT2D eigenvalue weighted by molar-refractivity contribution is 0.393. The van der Waals surface area contributed by atoms with Crippen LogP contribution in [0.4, 0.5) is 5.69 Å². The van der Waals surface area contributed by atoms with Gasteiger partial charge in [0.05, 0.1) is 19.9 Å². The van der Waals surface area contributed by atoms with Crippen molar-refractivity contribution in [3.8, 4) is 11.5 Å².